The Labute approximate surface area is 89.7 Å². The van der Waals surface area contributed by atoms with E-state index >= 15 is 0 Å². The van der Waals surface area contributed by atoms with Crippen LogP contribution in [-0.2, 0) is 4.79 Å². The molecule has 0 saturated heterocycles. The highest BCUT2D eigenvalue weighted by atomic mass is 16.3. The van der Waals surface area contributed by atoms with Gasteiger partial charge in [0.15, 0.2) is 5.78 Å². The molecule has 0 spiro atoms. The molecule has 2 bridgehead atoms. The van der Waals surface area contributed by atoms with Gasteiger partial charge < -0.3 is 5.11 Å². The van der Waals surface area contributed by atoms with Gasteiger partial charge in [-0.15, -0.1) is 0 Å². The second-order valence-corrected chi connectivity index (χ2v) is 5.50. The molecule has 4 rings (SSSR count). The smallest absolute Gasteiger partial charge is 0.174 e. The van der Waals surface area contributed by atoms with Crippen LogP contribution in [0, 0.1) is 23.2 Å². The third-order valence-corrected chi connectivity index (χ3v) is 4.61. The highest BCUT2D eigenvalue weighted by Crippen LogP contribution is 2.57. The molecule has 4 aliphatic carbocycles. The predicted octanol–water partition coefficient (Wildman–Crippen LogP) is 1.70. The highest BCUT2D eigenvalue weighted by Gasteiger charge is 2.62. The number of fused-ring (bicyclic) bond motifs is 1. The second kappa shape index (κ2) is 2.43. The van der Waals surface area contributed by atoms with Crippen LogP contribution in [0.1, 0.15) is 20.3 Å². The SMILES string of the molecule is CC1(O)C(=O)[C@]2(C)C=C[C@@H]1[C@H]1CC=C[C@@H]12. The van der Waals surface area contributed by atoms with E-state index in [1.165, 1.54) is 0 Å². The zero-order chi connectivity index (χ0) is 10.8. The van der Waals surface area contributed by atoms with Crippen molar-refractivity contribution < 1.29 is 9.90 Å². The minimum Gasteiger partial charge on any atom is -0.382 e. The zero-order valence-corrected chi connectivity index (χ0v) is 9.10. The summed E-state index contributed by atoms with van der Waals surface area (Å²) in [5.41, 5.74) is -1.63. The monoisotopic (exact) mass is 204 g/mol. The Hall–Kier alpha value is -0.890. The lowest BCUT2D eigenvalue weighted by Crippen LogP contribution is -2.62. The summed E-state index contributed by atoms with van der Waals surface area (Å²) in [6.07, 6.45) is 9.37. The number of Topliss-reactive ketones (excluding diaryl/α,β-unsaturated/α-hetero) is 1. The number of ketones is 1. The molecule has 1 unspecified atom stereocenters. The molecular weight excluding hydrogens is 188 g/mol. The molecule has 1 N–H and O–H groups in total. The summed E-state index contributed by atoms with van der Waals surface area (Å²) in [6.45, 7) is 3.64. The third kappa shape index (κ3) is 0.871. The van der Waals surface area contributed by atoms with Crippen LogP contribution in [0.15, 0.2) is 24.3 Å². The molecule has 1 saturated carbocycles. The molecule has 0 aromatic rings. The van der Waals surface area contributed by atoms with E-state index in [1.54, 1.807) is 6.92 Å². The van der Waals surface area contributed by atoms with Gasteiger partial charge in [0.1, 0.15) is 5.60 Å². The van der Waals surface area contributed by atoms with Gasteiger partial charge >= 0.3 is 0 Å². The fourth-order valence-electron chi connectivity index (χ4n) is 3.77. The van der Waals surface area contributed by atoms with Crippen LogP contribution in [0.4, 0.5) is 0 Å². The number of carbonyl (C=O) groups excluding carboxylic acids is 1. The quantitative estimate of drug-likeness (QED) is 0.610. The van der Waals surface area contributed by atoms with Crippen LogP contribution in [-0.4, -0.2) is 16.5 Å². The van der Waals surface area contributed by atoms with Gasteiger partial charge in [0.05, 0.1) is 5.41 Å². The Morgan fingerprint density at radius 1 is 1.33 bits per heavy atom. The van der Waals surface area contributed by atoms with Crippen molar-refractivity contribution in [2.24, 2.45) is 23.2 Å². The fraction of sp³-hybridized carbons (Fsp3) is 0.615. The van der Waals surface area contributed by atoms with Crippen molar-refractivity contribution in [1.29, 1.82) is 0 Å². The van der Waals surface area contributed by atoms with E-state index in [9.17, 15) is 9.90 Å². The van der Waals surface area contributed by atoms with Gasteiger partial charge in [-0.1, -0.05) is 24.3 Å². The summed E-state index contributed by atoms with van der Waals surface area (Å²) in [6, 6.07) is 0. The predicted molar refractivity (Wildman–Crippen MR) is 57.1 cm³/mol. The van der Waals surface area contributed by atoms with Gasteiger partial charge in [0.2, 0.25) is 0 Å². The molecule has 15 heavy (non-hydrogen) atoms. The molecule has 2 nitrogen and oxygen atoms in total. The van der Waals surface area contributed by atoms with E-state index in [2.05, 4.69) is 18.2 Å². The topological polar surface area (TPSA) is 37.3 Å². The maximum absolute atomic E-state index is 12.2. The molecule has 0 amide bonds. The van der Waals surface area contributed by atoms with E-state index in [-0.39, 0.29) is 11.7 Å². The van der Waals surface area contributed by atoms with Crippen LogP contribution in [0.25, 0.3) is 0 Å². The third-order valence-electron chi connectivity index (χ3n) is 4.61. The lowest BCUT2D eigenvalue weighted by molar-refractivity contribution is -0.164. The summed E-state index contributed by atoms with van der Waals surface area (Å²) in [5, 5.41) is 10.3. The lowest BCUT2D eigenvalue weighted by atomic mass is 9.50. The van der Waals surface area contributed by atoms with Crippen molar-refractivity contribution in [3.05, 3.63) is 24.3 Å². The summed E-state index contributed by atoms with van der Waals surface area (Å²) in [5.74, 6) is 0.732. The first kappa shape index (κ1) is 9.34. The molecule has 0 heterocycles. The number of allylic oxidation sites excluding steroid dienone is 3. The number of hydrogen-bond donors (Lipinski definition) is 1. The lowest BCUT2D eigenvalue weighted by Gasteiger charge is -2.54. The van der Waals surface area contributed by atoms with Crippen molar-refractivity contribution in [2.75, 3.05) is 0 Å². The second-order valence-electron chi connectivity index (χ2n) is 5.50. The van der Waals surface area contributed by atoms with Crippen molar-refractivity contribution in [1.82, 2.24) is 0 Å². The van der Waals surface area contributed by atoms with E-state index in [4.69, 9.17) is 0 Å². The first-order chi connectivity index (χ1) is 6.98. The van der Waals surface area contributed by atoms with E-state index < -0.39 is 11.0 Å². The standard InChI is InChI=1S/C13H16O2/c1-12-7-6-10(13(2,15)11(12)14)8-4-3-5-9(8)12/h3,5-10,15H,4H2,1-2H3/t8-,9-,10+,12+,13?/m0/s1. The van der Waals surface area contributed by atoms with Gasteiger partial charge in [-0.2, -0.15) is 0 Å². The van der Waals surface area contributed by atoms with Gasteiger partial charge in [0, 0.05) is 5.92 Å². The molecule has 4 aliphatic rings. The summed E-state index contributed by atoms with van der Waals surface area (Å²) in [4.78, 5) is 12.2. The highest BCUT2D eigenvalue weighted by molar-refractivity contribution is 5.96. The molecule has 80 valence electrons. The van der Waals surface area contributed by atoms with Crippen LogP contribution < -0.4 is 0 Å². The maximum atomic E-state index is 12.2. The molecule has 2 heteroatoms. The molecule has 1 fully saturated rings. The summed E-state index contributed by atoms with van der Waals surface area (Å²) < 4.78 is 0. The number of hydrogen-bond acceptors (Lipinski definition) is 2. The average Bonchev–Trinajstić information content (AvgIpc) is 2.64. The Balaban J connectivity index is 2.19. The van der Waals surface area contributed by atoms with Crippen LogP contribution in [0.2, 0.25) is 0 Å². The van der Waals surface area contributed by atoms with Crippen molar-refractivity contribution in [3.63, 3.8) is 0 Å². The Bertz CT molecular complexity index is 391. The minimum absolute atomic E-state index is 0.00435. The number of carbonyl (C=O) groups is 1. The van der Waals surface area contributed by atoms with Crippen LogP contribution in [0.3, 0.4) is 0 Å². The normalized spacial score (nSPS) is 56.2. The number of aliphatic hydroxyl groups is 1. The van der Waals surface area contributed by atoms with Gasteiger partial charge in [-0.25, -0.2) is 0 Å². The van der Waals surface area contributed by atoms with E-state index in [0.29, 0.717) is 11.8 Å². The van der Waals surface area contributed by atoms with Gasteiger partial charge in [-0.05, 0) is 32.1 Å². The van der Waals surface area contributed by atoms with Crippen LogP contribution in [0.5, 0.6) is 0 Å². The zero-order valence-electron chi connectivity index (χ0n) is 9.10. The van der Waals surface area contributed by atoms with E-state index in [0.717, 1.165) is 6.42 Å². The summed E-state index contributed by atoms with van der Waals surface area (Å²) in [7, 11) is 0. The van der Waals surface area contributed by atoms with Crippen molar-refractivity contribution in [2.45, 2.75) is 25.9 Å². The molecule has 5 atom stereocenters. The summed E-state index contributed by atoms with van der Waals surface area (Å²) >= 11 is 0. The minimum atomic E-state index is -1.16. The first-order valence-corrected chi connectivity index (χ1v) is 5.61. The Morgan fingerprint density at radius 3 is 2.80 bits per heavy atom. The van der Waals surface area contributed by atoms with Crippen molar-refractivity contribution >= 4 is 5.78 Å². The molecule has 0 radical (unpaired) electrons. The van der Waals surface area contributed by atoms with Gasteiger partial charge in [-0.3, -0.25) is 4.79 Å². The van der Waals surface area contributed by atoms with Gasteiger partial charge in [0.25, 0.3) is 0 Å². The molecule has 0 aliphatic heterocycles. The van der Waals surface area contributed by atoms with Crippen LogP contribution >= 0.6 is 0 Å². The Kier molecular flexibility index (Phi) is 1.52. The van der Waals surface area contributed by atoms with Crippen molar-refractivity contribution in [3.8, 4) is 0 Å². The average molecular weight is 204 g/mol. The molecule has 0 aromatic heterocycles. The maximum Gasteiger partial charge on any atom is 0.174 e. The first-order valence-electron chi connectivity index (χ1n) is 5.61. The number of rotatable bonds is 0. The van der Waals surface area contributed by atoms with E-state index in [1.807, 2.05) is 13.0 Å². The molecular formula is C13H16O2. The molecule has 0 aromatic carbocycles. The largest absolute Gasteiger partial charge is 0.382 e. The Morgan fingerprint density at radius 2 is 2.07 bits per heavy atom. The fourth-order valence-corrected chi connectivity index (χ4v) is 3.77.